The third kappa shape index (κ3) is 2.11. The number of halogens is 1. The van der Waals surface area contributed by atoms with Gasteiger partial charge >= 0.3 is 0 Å². The van der Waals surface area contributed by atoms with Crippen LogP contribution < -0.4 is 0 Å². The van der Waals surface area contributed by atoms with Gasteiger partial charge in [0.25, 0.3) is 0 Å². The van der Waals surface area contributed by atoms with E-state index in [1.54, 1.807) is 11.3 Å². The van der Waals surface area contributed by atoms with Crippen LogP contribution in [0.15, 0.2) is 9.98 Å². The van der Waals surface area contributed by atoms with Crippen LogP contribution in [-0.4, -0.2) is 23.0 Å². The van der Waals surface area contributed by atoms with Crippen LogP contribution in [0, 0.1) is 0 Å². The first kappa shape index (κ1) is 9.62. The molecule has 1 aromatic rings. The third-order valence-electron chi connectivity index (χ3n) is 2.59. The summed E-state index contributed by atoms with van der Waals surface area (Å²) in [5.41, 5.74) is 0. The van der Waals surface area contributed by atoms with E-state index in [9.17, 15) is 0 Å². The Bertz CT molecular complexity index is 296. The lowest BCUT2D eigenvalue weighted by molar-refractivity contribution is 0.251. The van der Waals surface area contributed by atoms with E-state index in [1.807, 2.05) is 6.20 Å². The van der Waals surface area contributed by atoms with Crippen LogP contribution in [0.5, 0.6) is 0 Å². The number of rotatable bonds is 3. The molecule has 0 N–H and O–H groups in total. The summed E-state index contributed by atoms with van der Waals surface area (Å²) in [5, 5.41) is 1.21. The van der Waals surface area contributed by atoms with E-state index in [0.29, 0.717) is 6.04 Å². The van der Waals surface area contributed by atoms with Crippen molar-refractivity contribution in [1.82, 2.24) is 9.88 Å². The average molecular weight is 261 g/mol. The second kappa shape index (κ2) is 3.67. The molecule has 13 heavy (non-hydrogen) atoms. The van der Waals surface area contributed by atoms with Crippen molar-refractivity contribution in [2.45, 2.75) is 31.8 Å². The van der Waals surface area contributed by atoms with Gasteiger partial charge in [-0.2, -0.15) is 0 Å². The Balaban J connectivity index is 2.06. The van der Waals surface area contributed by atoms with Gasteiger partial charge in [0, 0.05) is 6.04 Å². The predicted molar refractivity (Wildman–Crippen MR) is 59.0 cm³/mol. The minimum absolute atomic E-state index is 0.462. The van der Waals surface area contributed by atoms with Crippen molar-refractivity contribution >= 4 is 27.3 Å². The maximum absolute atomic E-state index is 4.38. The van der Waals surface area contributed by atoms with E-state index in [1.165, 1.54) is 17.8 Å². The van der Waals surface area contributed by atoms with Crippen LogP contribution in [0.2, 0.25) is 0 Å². The first-order chi connectivity index (χ1) is 6.18. The van der Waals surface area contributed by atoms with Gasteiger partial charge in [0.2, 0.25) is 0 Å². The summed E-state index contributed by atoms with van der Waals surface area (Å²) in [6.07, 6.45) is 4.60. The summed E-state index contributed by atoms with van der Waals surface area (Å²) in [5.74, 6) is 0. The van der Waals surface area contributed by atoms with Crippen molar-refractivity contribution in [3.05, 3.63) is 15.0 Å². The van der Waals surface area contributed by atoms with Crippen LogP contribution in [-0.2, 0) is 0 Å². The average Bonchev–Trinajstić information content (AvgIpc) is 2.87. The fraction of sp³-hybridized carbons (Fsp3) is 0.667. The Labute approximate surface area is 91.1 Å². The molecule has 1 aliphatic carbocycles. The molecule has 0 radical (unpaired) electrons. The van der Waals surface area contributed by atoms with Gasteiger partial charge in [-0.3, -0.25) is 4.90 Å². The second-order valence-corrected chi connectivity index (χ2v) is 6.02. The largest absolute Gasteiger partial charge is 0.294 e. The SMILES string of the molecule is CC(c1ncc(Br)s1)N(C)C1CC1. The molecule has 0 amide bonds. The first-order valence-electron chi connectivity index (χ1n) is 4.51. The van der Waals surface area contributed by atoms with Crippen LogP contribution >= 0.6 is 27.3 Å². The Morgan fingerprint density at radius 1 is 1.69 bits per heavy atom. The molecule has 0 aromatic carbocycles. The molecule has 1 unspecified atom stereocenters. The lowest BCUT2D eigenvalue weighted by Gasteiger charge is -2.22. The van der Waals surface area contributed by atoms with Gasteiger partial charge in [0.15, 0.2) is 0 Å². The fourth-order valence-electron chi connectivity index (χ4n) is 1.43. The molecule has 1 fully saturated rings. The minimum Gasteiger partial charge on any atom is -0.294 e. The van der Waals surface area contributed by atoms with Crippen LogP contribution in [0.1, 0.15) is 30.8 Å². The molecule has 4 heteroatoms. The van der Waals surface area contributed by atoms with Crippen molar-refractivity contribution < 1.29 is 0 Å². The van der Waals surface area contributed by atoms with Gasteiger partial charge in [-0.05, 0) is 42.7 Å². The van der Waals surface area contributed by atoms with Gasteiger partial charge in [-0.1, -0.05) is 0 Å². The van der Waals surface area contributed by atoms with E-state index in [-0.39, 0.29) is 0 Å². The number of nitrogens with zero attached hydrogens (tertiary/aromatic N) is 2. The highest BCUT2D eigenvalue weighted by Crippen LogP contribution is 2.34. The molecule has 1 atom stereocenters. The van der Waals surface area contributed by atoms with Gasteiger partial charge in [-0.15, -0.1) is 11.3 Å². The van der Waals surface area contributed by atoms with E-state index in [4.69, 9.17) is 0 Å². The van der Waals surface area contributed by atoms with Crippen molar-refractivity contribution in [3.8, 4) is 0 Å². The van der Waals surface area contributed by atoms with Crippen molar-refractivity contribution in [2.24, 2.45) is 0 Å². The number of hydrogen-bond donors (Lipinski definition) is 0. The van der Waals surface area contributed by atoms with Gasteiger partial charge < -0.3 is 0 Å². The summed E-state index contributed by atoms with van der Waals surface area (Å²) < 4.78 is 1.12. The second-order valence-electron chi connectivity index (χ2n) is 3.58. The number of aromatic nitrogens is 1. The van der Waals surface area contributed by atoms with Crippen LogP contribution in [0.4, 0.5) is 0 Å². The highest BCUT2D eigenvalue weighted by Gasteiger charge is 2.30. The highest BCUT2D eigenvalue weighted by molar-refractivity contribution is 9.11. The van der Waals surface area contributed by atoms with E-state index in [0.717, 1.165) is 9.83 Å². The Morgan fingerprint density at radius 2 is 2.38 bits per heavy atom. The molecule has 0 spiro atoms. The maximum atomic E-state index is 4.38. The summed E-state index contributed by atoms with van der Waals surface area (Å²) in [7, 11) is 2.19. The normalized spacial score (nSPS) is 19.4. The molecule has 0 bridgehead atoms. The zero-order valence-electron chi connectivity index (χ0n) is 7.83. The summed E-state index contributed by atoms with van der Waals surface area (Å²) in [6.45, 7) is 2.23. The molecular formula is C9H13BrN2S. The van der Waals surface area contributed by atoms with Crippen LogP contribution in [0.3, 0.4) is 0 Å². The van der Waals surface area contributed by atoms with Crippen molar-refractivity contribution in [2.75, 3.05) is 7.05 Å². The molecule has 0 saturated heterocycles. The molecule has 2 rings (SSSR count). The van der Waals surface area contributed by atoms with Gasteiger partial charge in [0.05, 0.1) is 16.0 Å². The van der Waals surface area contributed by atoms with E-state index in [2.05, 4.69) is 39.8 Å². The van der Waals surface area contributed by atoms with E-state index >= 15 is 0 Å². The number of hydrogen-bond acceptors (Lipinski definition) is 3. The zero-order chi connectivity index (χ0) is 9.42. The Kier molecular flexibility index (Phi) is 2.72. The lowest BCUT2D eigenvalue weighted by Crippen LogP contribution is -2.24. The standard InChI is InChI=1S/C9H13BrN2S/c1-6(12(2)7-3-4-7)9-11-5-8(10)13-9/h5-7H,3-4H2,1-2H3. The molecule has 2 nitrogen and oxygen atoms in total. The van der Waals surface area contributed by atoms with Crippen molar-refractivity contribution in [1.29, 1.82) is 0 Å². The molecule has 72 valence electrons. The minimum atomic E-state index is 0.462. The maximum Gasteiger partial charge on any atom is 0.111 e. The molecule has 1 aromatic heterocycles. The summed E-state index contributed by atoms with van der Waals surface area (Å²) >= 11 is 5.17. The highest BCUT2D eigenvalue weighted by atomic mass is 79.9. The third-order valence-corrected chi connectivity index (χ3v) is 4.23. The van der Waals surface area contributed by atoms with Gasteiger partial charge in [0.1, 0.15) is 5.01 Å². The smallest absolute Gasteiger partial charge is 0.111 e. The first-order valence-corrected chi connectivity index (χ1v) is 6.12. The molecule has 0 aliphatic heterocycles. The summed E-state index contributed by atoms with van der Waals surface area (Å²) in [4.78, 5) is 6.80. The van der Waals surface area contributed by atoms with Crippen LogP contribution in [0.25, 0.3) is 0 Å². The monoisotopic (exact) mass is 260 g/mol. The predicted octanol–water partition coefficient (Wildman–Crippen LogP) is 3.06. The number of thiazole rings is 1. The molecular weight excluding hydrogens is 248 g/mol. The van der Waals surface area contributed by atoms with E-state index < -0.39 is 0 Å². The summed E-state index contributed by atoms with van der Waals surface area (Å²) in [6, 6.07) is 1.27. The quantitative estimate of drug-likeness (QED) is 0.831. The molecule has 1 heterocycles. The lowest BCUT2D eigenvalue weighted by atomic mass is 10.3. The molecule has 1 saturated carbocycles. The topological polar surface area (TPSA) is 16.1 Å². The Morgan fingerprint density at radius 3 is 2.85 bits per heavy atom. The van der Waals surface area contributed by atoms with Crippen molar-refractivity contribution in [3.63, 3.8) is 0 Å². The van der Waals surface area contributed by atoms with Gasteiger partial charge in [-0.25, -0.2) is 4.98 Å². The molecule has 1 aliphatic rings. The zero-order valence-corrected chi connectivity index (χ0v) is 10.2. The Hall–Kier alpha value is 0.0700. The fourth-order valence-corrected chi connectivity index (χ4v) is 2.78.